The number of carboxylic acids is 3. The summed E-state index contributed by atoms with van der Waals surface area (Å²) in [5.41, 5.74) is 1.21. The molecule has 0 saturated heterocycles. The Morgan fingerprint density at radius 3 is 1.38 bits per heavy atom. The molecular formula is C40H53N7O14. The standard InChI is InChI=1S/C40H53N7O14/c1-21(2)15-27(45-39(59)33(23(4)49)47-35(55)26(41-20-48)16-24-11-7-5-8-12-24)37(57)44-28(18-31(50)51)36(56)42-22(3)34(54)43-29(19-32(52)53)38(58)46-30(40(60)61)17-25-13-9-6-10-14-25/h5-14,20-23,26-30,33,49H,15-19H2,1-4H3,(H,41,48)(H,42,56)(H,43,54)(H,44,57)(H,45,59)(H,46,58)(H,47,55)(H,50,51)(H,52,53)(H,60,61)/t22-,23-,26-,27-,28-,29-,30-,33-/m0/s1. The fraction of sp³-hybridized carbons (Fsp3) is 0.450. The first-order valence-corrected chi connectivity index (χ1v) is 19.2. The quantitative estimate of drug-likeness (QED) is 0.0455. The Kier molecular flexibility index (Phi) is 20.5. The predicted octanol–water partition coefficient (Wildman–Crippen LogP) is -2.02. The van der Waals surface area contributed by atoms with E-state index in [0.29, 0.717) is 17.5 Å². The first-order valence-electron chi connectivity index (χ1n) is 19.2. The van der Waals surface area contributed by atoms with Crippen LogP contribution in [0.1, 0.15) is 58.1 Å². The van der Waals surface area contributed by atoms with Crippen molar-refractivity contribution < 1.29 is 68.4 Å². The third-order valence-corrected chi connectivity index (χ3v) is 8.94. The van der Waals surface area contributed by atoms with Gasteiger partial charge in [-0.1, -0.05) is 74.5 Å². The first kappa shape index (κ1) is 50.2. The molecule has 0 unspecified atom stereocenters. The second kappa shape index (κ2) is 24.9. The zero-order valence-corrected chi connectivity index (χ0v) is 34.0. The Hall–Kier alpha value is -6.90. The summed E-state index contributed by atoms with van der Waals surface area (Å²) in [5.74, 6) is -11.2. The molecule has 7 amide bonds. The molecule has 332 valence electrons. The Morgan fingerprint density at radius 2 is 0.934 bits per heavy atom. The Bertz CT molecular complexity index is 1860. The van der Waals surface area contributed by atoms with Gasteiger partial charge in [-0.25, -0.2) is 4.79 Å². The number of aliphatic hydroxyl groups is 1. The lowest BCUT2D eigenvalue weighted by Crippen LogP contribution is -2.61. The van der Waals surface area contributed by atoms with Gasteiger partial charge in [-0.3, -0.25) is 43.2 Å². The smallest absolute Gasteiger partial charge is 0.326 e. The topological polar surface area (TPSA) is 336 Å². The Balaban J connectivity index is 2.20. The molecule has 2 rings (SSSR count). The highest BCUT2D eigenvalue weighted by molar-refractivity contribution is 5.98. The van der Waals surface area contributed by atoms with Crippen molar-refractivity contribution in [2.24, 2.45) is 5.92 Å². The molecule has 0 aliphatic rings. The van der Waals surface area contributed by atoms with Crippen LogP contribution in [0.5, 0.6) is 0 Å². The van der Waals surface area contributed by atoms with Gasteiger partial charge in [0.2, 0.25) is 41.9 Å². The Morgan fingerprint density at radius 1 is 0.525 bits per heavy atom. The lowest BCUT2D eigenvalue weighted by molar-refractivity contribution is -0.143. The molecule has 0 radical (unpaired) electrons. The third-order valence-electron chi connectivity index (χ3n) is 8.94. The van der Waals surface area contributed by atoms with E-state index in [4.69, 9.17) is 0 Å². The zero-order chi connectivity index (χ0) is 45.8. The van der Waals surface area contributed by atoms with Crippen molar-refractivity contribution in [1.82, 2.24) is 37.2 Å². The van der Waals surface area contributed by atoms with E-state index >= 15 is 0 Å². The fourth-order valence-corrected chi connectivity index (χ4v) is 5.82. The van der Waals surface area contributed by atoms with E-state index < -0.39 is 115 Å². The van der Waals surface area contributed by atoms with E-state index in [1.54, 1.807) is 74.5 Å². The summed E-state index contributed by atoms with van der Waals surface area (Å²) < 4.78 is 0. The van der Waals surface area contributed by atoms with Crippen molar-refractivity contribution in [2.45, 2.75) is 108 Å². The van der Waals surface area contributed by atoms with Crippen molar-refractivity contribution in [2.75, 3.05) is 0 Å². The lowest BCUT2D eigenvalue weighted by atomic mass is 10.0. The van der Waals surface area contributed by atoms with Gasteiger partial charge in [0.15, 0.2) is 0 Å². The van der Waals surface area contributed by atoms with Crippen LogP contribution in [0.25, 0.3) is 0 Å². The summed E-state index contributed by atoms with van der Waals surface area (Å²) in [6.45, 7) is 5.68. The second-order valence-electron chi connectivity index (χ2n) is 14.6. The van der Waals surface area contributed by atoms with Gasteiger partial charge < -0.3 is 57.6 Å². The SMILES string of the molecule is CC(C)C[C@H](NC(=O)[C@@H](NC(=O)[C@H](Cc1ccccc1)NC=O)[C@H](C)O)C(=O)N[C@@H](CC(=O)O)C(=O)N[C@@H](C)C(=O)N[C@@H](CC(=O)O)C(=O)N[C@@H](Cc1ccccc1)C(=O)O. The van der Waals surface area contributed by atoms with Gasteiger partial charge in [0.25, 0.3) is 0 Å². The number of aliphatic carboxylic acids is 3. The van der Waals surface area contributed by atoms with Crippen LogP contribution in [0.4, 0.5) is 0 Å². The van der Waals surface area contributed by atoms with Crippen LogP contribution in [0.3, 0.4) is 0 Å². The molecule has 11 N–H and O–H groups in total. The molecule has 0 aliphatic carbocycles. The monoisotopic (exact) mass is 855 g/mol. The van der Waals surface area contributed by atoms with E-state index in [-0.39, 0.29) is 25.2 Å². The third kappa shape index (κ3) is 17.9. The minimum absolute atomic E-state index is 0.0336. The molecule has 8 atom stereocenters. The largest absolute Gasteiger partial charge is 0.481 e. The minimum Gasteiger partial charge on any atom is -0.481 e. The van der Waals surface area contributed by atoms with Gasteiger partial charge in [-0.15, -0.1) is 0 Å². The number of carbonyl (C=O) groups is 10. The zero-order valence-electron chi connectivity index (χ0n) is 34.0. The molecule has 21 heteroatoms. The number of hydrogen-bond donors (Lipinski definition) is 11. The van der Waals surface area contributed by atoms with Gasteiger partial charge in [0.1, 0.15) is 42.3 Å². The summed E-state index contributed by atoms with van der Waals surface area (Å²) >= 11 is 0. The van der Waals surface area contributed by atoms with Gasteiger partial charge in [0.05, 0.1) is 18.9 Å². The van der Waals surface area contributed by atoms with Crippen molar-refractivity contribution in [3.63, 3.8) is 0 Å². The van der Waals surface area contributed by atoms with Crippen molar-refractivity contribution in [1.29, 1.82) is 0 Å². The van der Waals surface area contributed by atoms with Crippen LogP contribution >= 0.6 is 0 Å². The number of carboxylic acid groups (broad SMARTS) is 3. The van der Waals surface area contributed by atoms with Crippen LogP contribution in [0.2, 0.25) is 0 Å². The fourth-order valence-electron chi connectivity index (χ4n) is 5.82. The molecule has 0 bridgehead atoms. The van der Waals surface area contributed by atoms with Crippen LogP contribution in [0.15, 0.2) is 60.7 Å². The first-order chi connectivity index (χ1) is 28.7. The van der Waals surface area contributed by atoms with Crippen LogP contribution < -0.4 is 37.2 Å². The summed E-state index contributed by atoms with van der Waals surface area (Å²) in [6, 6.07) is 5.78. The highest BCUT2D eigenvalue weighted by Crippen LogP contribution is 2.10. The number of aliphatic hydroxyl groups excluding tert-OH is 1. The van der Waals surface area contributed by atoms with E-state index in [0.717, 1.165) is 6.92 Å². The number of nitrogens with one attached hydrogen (secondary N) is 7. The second-order valence-corrected chi connectivity index (χ2v) is 14.6. The van der Waals surface area contributed by atoms with Crippen LogP contribution in [-0.4, -0.2) is 129 Å². The molecule has 0 spiro atoms. The van der Waals surface area contributed by atoms with E-state index in [1.807, 2.05) is 0 Å². The van der Waals surface area contributed by atoms with Gasteiger partial charge >= 0.3 is 17.9 Å². The molecule has 61 heavy (non-hydrogen) atoms. The van der Waals surface area contributed by atoms with Crippen LogP contribution in [-0.2, 0) is 60.8 Å². The van der Waals surface area contributed by atoms with Crippen LogP contribution in [0, 0.1) is 5.92 Å². The summed E-state index contributed by atoms with van der Waals surface area (Å²) in [7, 11) is 0. The number of hydrogen-bond acceptors (Lipinski definition) is 11. The molecule has 0 fully saturated rings. The average Bonchev–Trinajstić information content (AvgIpc) is 3.18. The maximum atomic E-state index is 13.6. The normalized spacial score (nSPS) is 14.8. The molecule has 2 aromatic carbocycles. The maximum Gasteiger partial charge on any atom is 0.326 e. The minimum atomic E-state index is -1.86. The van der Waals surface area contributed by atoms with Gasteiger partial charge in [-0.2, -0.15) is 0 Å². The molecule has 0 aromatic heterocycles. The van der Waals surface area contributed by atoms with E-state index in [9.17, 15) is 68.4 Å². The Labute approximate surface area is 350 Å². The molecular weight excluding hydrogens is 802 g/mol. The highest BCUT2D eigenvalue weighted by Gasteiger charge is 2.35. The number of amides is 7. The molecule has 2 aromatic rings. The van der Waals surface area contributed by atoms with Crippen molar-refractivity contribution in [3.05, 3.63) is 71.8 Å². The van der Waals surface area contributed by atoms with Gasteiger partial charge in [-0.05, 0) is 37.3 Å². The molecule has 0 saturated carbocycles. The predicted molar refractivity (Wildman–Crippen MR) is 214 cm³/mol. The van der Waals surface area contributed by atoms with Crippen molar-refractivity contribution >= 4 is 59.8 Å². The average molecular weight is 856 g/mol. The maximum absolute atomic E-state index is 13.6. The number of rotatable bonds is 26. The summed E-state index contributed by atoms with van der Waals surface area (Å²) in [6.07, 6.45) is -3.45. The molecule has 21 nitrogen and oxygen atoms in total. The van der Waals surface area contributed by atoms with E-state index in [1.165, 1.54) is 6.92 Å². The molecule has 0 heterocycles. The highest BCUT2D eigenvalue weighted by atomic mass is 16.4. The lowest BCUT2D eigenvalue weighted by Gasteiger charge is -2.28. The molecule has 0 aliphatic heterocycles. The van der Waals surface area contributed by atoms with E-state index in [2.05, 4.69) is 37.2 Å². The van der Waals surface area contributed by atoms with Crippen molar-refractivity contribution in [3.8, 4) is 0 Å². The summed E-state index contributed by atoms with van der Waals surface area (Å²) in [4.78, 5) is 126. The number of benzene rings is 2. The number of carbonyl (C=O) groups excluding carboxylic acids is 7. The summed E-state index contributed by atoms with van der Waals surface area (Å²) in [5, 5.41) is 55.0. The van der Waals surface area contributed by atoms with Gasteiger partial charge in [0, 0.05) is 12.8 Å².